The Bertz CT molecular complexity index is 705. The fourth-order valence-electron chi connectivity index (χ4n) is 2.11. The summed E-state index contributed by atoms with van der Waals surface area (Å²) in [6.07, 6.45) is 4.02. The Morgan fingerprint density at radius 1 is 1.50 bits per heavy atom. The van der Waals surface area contributed by atoms with Gasteiger partial charge in [0, 0.05) is 12.6 Å². The van der Waals surface area contributed by atoms with Crippen molar-refractivity contribution in [1.82, 2.24) is 9.55 Å². The molecule has 0 radical (unpaired) electrons. The van der Waals surface area contributed by atoms with Crippen molar-refractivity contribution >= 4 is 37.9 Å². The van der Waals surface area contributed by atoms with Crippen molar-refractivity contribution < 1.29 is 14.9 Å². The Labute approximate surface area is 142 Å². The van der Waals surface area contributed by atoms with Crippen molar-refractivity contribution in [2.45, 2.75) is 24.9 Å². The van der Waals surface area contributed by atoms with E-state index in [0.29, 0.717) is 3.39 Å². The quantitative estimate of drug-likeness (QED) is 0.605. The maximum Gasteiger partial charge on any atom is 0.330 e. The van der Waals surface area contributed by atoms with Gasteiger partial charge in [0.15, 0.2) is 0 Å². The smallest absolute Gasteiger partial charge is 0.330 e. The van der Waals surface area contributed by atoms with E-state index >= 15 is 0 Å². The largest absolute Gasteiger partial charge is 0.394 e. The molecule has 1 fully saturated rings. The van der Waals surface area contributed by atoms with Gasteiger partial charge in [0.1, 0.15) is 12.3 Å². The van der Waals surface area contributed by atoms with Gasteiger partial charge in [0.05, 0.1) is 21.7 Å². The highest BCUT2D eigenvalue weighted by atomic mass is 79.9. The van der Waals surface area contributed by atoms with Crippen molar-refractivity contribution in [2.24, 2.45) is 0 Å². The third kappa shape index (κ3) is 4.05. The lowest BCUT2D eigenvalue weighted by molar-refractivity contribution is -0.0459. The van der Waals surface area contributed by atoms with E-state index in [4.69, 9.17) is 9.84 Å². The zero-order valence-corrected chi connectivity index (χ0v) is 14.4. The van der Waals surface area contributed by atoms with Crippen LogP contribution < -0.4 is 11.2 Å². The van der Waals surface area contributed by atoms with E-state index < -0.39 is 29.7 Å². The van der Waals surface area contributed by atoms with Gasteiger partial charge < -0.3 is 14.9 Å². The molecule has 1 aromatic rings. The van der Waals surface area contributed by atoms with Crippen molar-refractivity contribution in [3.05, 3.63) is 48.1 Å². The number of hydrogen-bond acceptors (Lipinski definition) is 5. The fourth-order valence-corrected chi connectivity index (χ4v) is 2.41. The van der Waals surface area contributed by atoms with Crippen LogP contribution in [0.2, 0.25) is 0 Å². The van der Waals surface area contributed by atoms with Gasteiger partial charge in [-0.25, -0.2) is 4.79 Å². The van der Waals surface area contributed by atoms with Crippen LogP contribution in [0.1, 0.15) is 18.2 Å². The third-order valence-corrected chi connectivity index (χ3v) is 3.72. The van der Waals surface area contributed by atoms with E-state index in [9.17, 15) is 14.7 Å². The Kier molecular flexibility index (Phi) is 5.93. The summed E-state index contributed by atoms with van der Waals surface area (Å²) in [5, 5.41) is 18.8. The van der Waals surface area contributed by atoms with Gasteiger partial charge in [0.2, 0.25) is 0 Å². The highest BCUT2D eigenvalue weighted by Crippen LogP contribution is 2.27. The molecule has 3 atom stereocenters. The normalized spacial score (nSPS) is 24.8. The number of aromatic nitrogens is 2. The zero-order chi connectivity index (χ0) is 16.3. The van der Waals surface area contributed by atoms with Crippen LogP contribution in [-0.4, -0.2) is 38.6 Å². The molecular weight excluding hydrogens is 424 g/mol. The topological polar surface area (TPSA) is 105 Å². The molecule has 1 saturated heterocycles. The van der Waals surface area contributed by atoms with E-state index in [1.807, 2.05) is 0 Å². The number of aliphatic hydroxyl groups is 2. The third-order valence-electron chi connectivity index (χ3n) is 3.19. The molecule has 0 amide bonds. The molecule has 1 aliphatic rings. The minimum absolute atomic E-state index is 0.160. The molecule has 3 N–H and O–H groups in total. The summed E-state index contributed by atoms with van der Waals surface area (Å²) in [5.74, 6) is 0. The monoisotopic (exact) mass is 436 g/mol. The Morgan fingerprint density at radius 3 is 2.82 bits per heavy atom. The molecule has 2 heterocycles. The van der Waals surface area contributed by atoms with Gasteiger partial charge in [-0.2, -0.15) is 0 Å². The summed E-state index contributed by atoms with van der Waals surface area (Å²) in [6.45, 7) is -0.341. The predicted octanol–water partition coefficient (Wildman–Crippen LogP) is 0.822. The molecule has 0 aromatic carbocycles. The second kappa shape index (κ2) is 7.51. The Balaban J connectivity index is 2.33. The van der Waals surface area contributed by atoms with E-state index in [1.165, 1.54) is 16.8 Å². The predicted molar refractivity (Wildman–Crippen MR) is 87.9 cm³/mol. The van der Waals surface area contributed by atoms with Crippen LogP contribution >= 0.6 is 31.9 Å². The second-order valence-corrected chi connectivity index (χ2v) is 7.45. The molecule has 1 aliphatic heterocycles. The van der Waals surface area contributed by atoms with E-state index in [0.717, 1.165) is 0 Å². The summed E-state index contributed by atoms with van der Waals surface area (Å²) in [5.41, 5.74) is -0.883. The number of H-pyrrole nitrogens is 1. The summed E-state index contributed by atoms with van der Waals surface area (Å²) in [7, 11) is 0. The molecule has 0 spiro atoms. The van der Waals surface area contributed by atoms with Crippen molar-refractivity contribution in [1.29, 1.82) is 0 Å². The summed E-state index contributed by atoms with van der Waals surface area (Å²) < 4.78 is 7.32. The first kappa shape index (κ1) is 17.4. The molecule has 0 bridgehead atoms. The van der Waals surface area contributed by atoms with Crippen LogP contribution in [0.4, 0.5) is 0 Å². The first-order chi connectivity index (χ1) is 10.4. The van der Waals surface area contributed by atoms with Gasteiger partial charge in [-0.15, -0.1) is 0 Å². The summed E-state index contributed by atoms with van der Waals surface area (Å²) in [4.78, 5) is 25.9. The maximum absolute atomic E-state index is 11.9. The lowest BCUT2D eigenvalue weighted by Gasteiger charge is -2.14. The van der Waals surface area contributed by atoms with E-state index in [1.54, 1.807) is 12.2 Å². The number of rotatable bonds is 4. The number of ether oxygens (including phenoxy) is 1. The number of nitrogens with zero attached hydrogens (tertiary/aromatic N) is 1. The number of halogens is 2. The molecular formula is C13H14Br2N2O5. The number of hydrogen-bond donors (Lipinski definition) is 3. The van der Waals surface area contributed by atoms with Crippen LogP contribution in [0, 0.1) is 0 Å². The SMILES string of the molecule is O=c1[nH]c(=O)n([C@@H]2CC(O)[C@H](CO)O2)cc1C=CC=C(Br)Br. The Hall–Kier alpha value is -1.000. The fraction of sp³-hybridized carbons (Fsp3) is 0.385. The van der Waals surface area contributed by atoms with Crippen LogP contribution in [0.15, 0.2) is 31.3 Å². The first-order valence-corrected chi connectivity index (χ1v) is 8.00. The van der Waals surface area contributed by atoms with Gasteiger partial charge in [-0.1, -0.05) is 6.08 Å². The summed E-state index contributed by atoms with van der Waals surface area (Å²) >= 11 is 6.36. The van der Waals surface area contributed by atoms with E-state index in [-0.39, 0.29) is 18.6 Å². The van der Waals surface area contributed by atoms with Gasteiger partial charge in [0.25, 0.3) is 5.56 Å². The first-order valence-electron chi connectivity index (χ1n) is 6.41. The average Bonchev–Trinajstić information content (AvgIpc) is 2.81. The van der Waals surface area contributed by atoms with Crippen molar-refractivity contribution in [2.75, 3.05) is 6.61 Å². The average molecular weight is 438 g/mol. The van der Waals surface area contributed by atoms with Gasteiger partial charge >= 0.3 is 5.69 Å². The van der Waals surface area contributed by atoms with Crippen LogP contribution in [0.3, 0.4) is 0 Å². The Morgan fingerprint density at radius 2 is 2.23 bits per heavy atom. The number of aliphatic hydroxyl groups excluding tert-OH is 2. The minimum Gasteiger partial charge on any atom is -0.394 e. The highest BCUT2D eigenvalue weighted by Gasteiger charge is 2.35. The molecule has 1 aromatic heterocycles. The van der Waals surface area contributed by atoms with Crippen molar-refractivity contribution in [3.8, 4) is 0 Å². The van der Waals surface area contributed by atoms with E-state index in [2.05, 4.69) is 36.8 Å². The molecule has 7 nitrogen and oxygen atoms in total. The maximum atomic E-state index is 11.9. The lowest BCUT2D eigenvalue weighted by Crippen LogP contribution is -2.33. The zero-order valence-electron chi connectivity index (χ0n) is 11.3. The van der Waals surface area contributed by atoms with Gasteiger partial charge in [-0.05, 0) is 44.0 Å². The van der Waals surface area contributed by atoms with Gasteiger partial charge in [-0.3, -0.25) is 14.3 Å². The standard InChI is InChI=1S/C13H14Br2N2O5/c14-10(15)3-1-2-7-5-17(13(21)16-12(7)20)11-4-8(19)9(6-18)22-11/h1-3,5,8-9,11,18-19H,4,6H2,(H,16,20,21)/t8?,9-,11-/m0/s1. The number of aromatic amines is 1. The number of nitrogens with one attached hydrogen (secondary N) is 1. The molecule has 9 heteroatoms. The minimum atomic E-state index is -0.861. The lowest BCUT2D eigenvalue weighted by atomic mass is 10.2. The van der Waals surface area contributed by atoms with Crippen LogP contribution in [0.25, 0.3) is 6.08 Å². The van der Waals surface area contributed by atoms with Crippen LogP contribution in [0.5, 0.6) is 0 Å². The van der Waals surface area contributed by atoms with Crippen molar-refractivity contribution in [3.63, 3.8) is 0 Å². The molecule has 120 valence electrons. The van der Waals surface area contributed by atoms with Crippen LogP contribution in [-0.2, 0) is 4.74 Å². The summed E-state index contributed by atoms with van der Waals surface area (Å²) in [6, 6.07) is 0. The molecule has 22 heavy (non-hydrogen) atoms. The molecule has 0 saturated carbocycles. The molecule has 1 unspecified atom stereocenters. The number of allylic oxidation sites excluding steroid dienone is 2. The molecule has 2 rings (SSSR count). The second-order valence-electron chi connectivity index (χ2n) is 4.68. The highest BCUT2D eigenvalue weighted by molar-refractivity contribution is 9.28. The molecule has 0 aliphatic carbocycles.